The topological polar surface area (TPSA) is 128 Å². The molecule has 0 saturated carbocycles. The third-order valence-electron chi connectivity index (χ3n) is 5.92. The molecule has 9 nitrogen and oxygen atoms in total. The number of ether oxygens (including phenoxy) is 1. The molecule has 0 aromatic heterocycles. The minimum atomic E-state index is -4.23. The second-order valence-electron chi connectivity index (χ2n) is 9.04. The van der Waals surface area contributed by atoms with E-state index in [-0.39, 0.29) is 9.79 Å². The SMILES string of the molecule is Cc1ccc(S(=O)(=O)NC(CS(=O)(=O)c2ccc(Sc3ccccc3)cc2)C(=O)NOC2CCCCO2)cc1. The second kappa shape index (κ2) is 13.1. The number of aryl methyl sites for hydroxylation is 1. The second-order valence-corrected chi connectivity index (χ2v) is 13.9. The molecule has 1 aliphatic rings. The van der Waals surface area contributed by atoms with Gasteiger partial charge in [-0.1, -0.05) is 47.7 Å². The quantitative estimate of drug-likeness (QED) is 0.323. The summed E-state index contributed by atoms with van der Waals surface area (Å²) in [6, 6.07) is 20.2. The summed E-state index contributed by atoms with van der Waals surface area (Å²) in [5.74, 6) is -1.76. The molecule has 3 aromatic rings. The van der Waals surface area contributed by atoms with Crippen LogP contribution in [0.5, 0.6) is 0 Å². The zero-order valence-corrected chi connectivity index (χ0v) is 23.7. The van der Waals surface area contributed by atoms with E-state index >= 15 is 0 Å². The Morgan fingerprint density at radius 2 is 1.56 bits per heavy atom. The fourth-order valence-electron chi connectivity index (χ4n) is 3.79. The maximum Gasteiger partial charge on any atom is 0.262 e. The molecule has 3 aromatic carbocycles. The predicted molar refractivity (Wildman–Crippen MR) is 147 cm³/mol. The summed E-state index contributed by atoms with van der Waals surface area (Å²) in [5, 5.41) is 0. The number of sulfonamides is 1. The molecule has 208 valence electrons. The molecule has 12 heteroatoms. The van der Waals surface area contributed by atoms with Gasteiger partial charge in [0, 0.05) is 22.8 Å². The van der Waals surface area contributed by atoms with Gasteiger partial charge >= 0.3 is 0 Å². The van der Waals surface area contributed by atoms with Gasteiger partial charge in [0.2, 0.25) is 10.0 Å². The van der Waals surface area contributed by atoms with Gasteiger partial charge in [-0.15, -0.1) is 0 Å². The van der Waals surface area contributed by atoms with Crippen LogP contribution in [0.4, 0.5) is 0 Å². The fourth-order valence-corrected chi connectivity index (χ4v) is 7.35. The van der Waals surface area contributed by atoms with Crippen molar-refractivity contribution in [1.29, 1.82) is 0 Å². The Morgan fingerprint density at radius 3 is 2.21 bits per heavy atom. The predicted octanol–water partition coefficient (Wildman–Crippen LogP) is 3.84. The van der Waals surface area contributed by atoms with Crippen molar-refractivity contribution in [2.24, 2.45) is 0 Å². The number of amides is 1. The number of hydrogen-bond donors (Lipinski definition) is 2. The molecular formula is C27H30N2O7S3. The summed E-state index contributed by atoms with van der Waals surface area (Å²) in [6.07, 6.45) is 1.57. The van der Waals surface area contributed by atoms with Gasteiger partial charge in [0.25, 0.3) is 5.91 Å². The lowest BCUT2D eigenvalue weighted by atomic mass is 10.2. The van der Waals surface area contributed by atoms with Crippen LogP contribution in [0, 0.1) is 6.92 Å². The van der Waals surface area contributed by atoms with Crippen molar-refractivity contribution in [2.75, 3.05) is 12.4 Å². The van der Waals surface area contributed by atoms with Crippen molar-refractivity contribution in [3.8, 4) is 0 Å². The number of benzene rings is 3. The van der Waals surface area contributed by atoms with Crippen LogP contribution in [0.25, 0.3) is 0 Å². The lowest BCUT2D eigenvalue weighted by Crippen LogP contribution is -2.51. The van der Waals surface area contributed by atoms with E-state index in [0.717, 1.165) is 28.2 Å². The number of nitrogens with one attached hydrogen (secondary N) is 2. The maximum atomic E-state index is 13.3. The Hall–Kier alpha value is -2.74. The van der Waals surface area contributed by atoms with Crippen molar-refractivity contribution in [1.82, 2.24) is 10.2 Å². The molecule has 1 fully saturated rings. The van der Waals surface area contributed by atoms with Gasteiger partial charge in [0.1, 0.15) is 6.04 Å². The van der Waals surface area contributed by atoms with E-state index in [1.807, 2.05) is 30.3 Å². The van der Waals surface area contributed by atoms with E-state index in [0.29, 0.717) is 13.0 Å². The molecule has 1 aliphatic heterocycles. The molecule has 2 N–H and O–H groups in total. The van der Waals surface area contributed by atoms with Crippen LogP contribution < -0.4 is 10.2 Å². The molecule has 1 heterocycles. The Labute approximate surface area is 233 Å². The standard InChI is InChI=1S/C27H30N2O7S3/c1-20-10-14-24(15-11-20)39(33,34)29-25(27(30)28-36-26-9-5-6-18-35-26)19-38(31,32)23-16-12-22(13-17-23)37-21-7-3-2-4-8-21/h2-4,7-8,10-17,25-26,29H,5-6,9,18-19H2,1H3,(H,28,30). The average molecular weight is 591 g/mol. The largest absolute Gasteiger partial charge is 0.350 e. The zero-order chi connectivity index (χ0) is 27.9. The summed E-state index contributed by atoms with van der Waals surface area (Å²) in [4.78, 5) is 20.0. The van der Waals surface area contributed by atoms with Gasteiger partial charge in [-0.05, 0) is 68.3 Å². The third-order valence-corrected chi connectivity index (χ3v) is 10.2. The summed E-state index contributed by atoms with van der Waals surface area (Å²) in [6.45, 7) is 2.28. The van der Waals surface area contributed by atoms with Crippen LogP contribution in [0.15, 0.2) is 98.4 Å². The Balaban J connectivity index is 1.52. The monoisotopic (exact) mass is 590 g/mol. The number of hydroxylamine groups is 1. The highest BCUT2D eigenvalue weighted by atomic mass is 32.2. The molecule has 0 spiro atoms. The molecule has 1 saturated heterocycles. The van der Waals surface area contributed by atoms with E-state index in [2.05, 4.69) is 10.2 Å². The lowest BCUT2D eigenvalue weighted by molar-refractivity contribution is -0.200. The van der Waals surface area contributed by atoms with Crippen LogP contribution in [0.2, 0.25) is 0 Å². The fraction of sp³-hybridized carbons (Fsp3) is 0.296. The molecule has 1 amide bonds. The summed E-state index contributed by atoms with van der Waals surface area (Å²) in [7, 11) is -8.31. The molecule has 0 bridgehead atoms. The molecule has 2 atom stereocenters. The molecule has 39 heavy (non-hydrogen) atoms. The van der Waals surface area contributed by atoms with Crippen LogP contribution >= 0.6 is 11.8 Å². The minimum Gasteiger partial charge on any atom is -0.350 e. The summed E-state index contributed by atoms with van der Waals surface area (Å²) in [5.41, 5.74) is 3.04. The number of hydrogen-bond acceptors (Lipinski definition) is 8. The van der Waals surface area contributed by atoms with Gasteiger partial charge in [-0.2, -0.15) is 4.72 Å². The Morgan fingerprint density at radius 1 is 0.923 bits per heavy atom. The van der Waals surface area contributed by atoms with Crippen LogP contribution in [-0.2, 0) is 34.2 Å². The van der Waals surface area contributed by atoms with E-state index in [4.69, 9.17) is 9.57 Å². The highest BCUT2D eigenvalue weighted by Crippen LogP contribution is 2.28. The highest BCUT2D eigenvalue weighted by molar-refractivity contribution is 7.99. The number of carbonyl (C=O) groups is 1. The molecule has 4 rings (SSSR count). The van der Waals surface area contributed by atoms with Crippen molar-refractivity contribution >= 4 is 37.5 Å². The van der Waals surface area contributed by atoms with Gasteiger partial charge in [-0.25, -0.2) is 27.2 Å². The van der Waals surface area contributed by atoms with Gasteiger partial charge < -0.3 is 4.74 Å². The first-order valence-corrected chi connectivity index (χ1v) is 16.3. The van der Waals surface area contributed by atoms with Crippen LogP contribution in [0.3, 0.4) is 0 Å². The molecule has 2 unspecified atom stereocenters. The van der Waals surface area contributed by atoms with Gasteiger partial charge in [-0.3, -0.25) is 4.79 Å². The zero-order valence-electron chi connectivity index (χ0n) is 21.3. The lowest BCUT2D eigenvalue weighted by Gasteiger charge is -2.24. The molecular weight excluding hydrogens is 561 g/mol. The van der Waals surface area contributed by atoms with E-state index < -0.39 is 43.9 Å². The van der Waals surface area contributed by atoms with Gasteiger partial charge in [0.05, 0.1) is 15.5 Å². The van der Waals surface area contributed by atoms with Crippen molar-refractivity contribution in [3.05, 3.63) is 84.4 Å². The van der Waals surface area contributed by atoms with Crippen LogP contribution in [0.1, 0.15) is 24.8 Å². The summed E-state index contributed by atoms with van der Waals surface area (Å²) < 4.78 is 60.4. The van der Waals surface area contributed by atoms with E-state index in [9.17, 15) is 21.6 Å². The van der Waals surface area contributed by atoms with E-state index in [1.165, 1.54) is 36.0 Å². The number of sulfone groups is 1. The Kier molecular flexibility index (Phi) is 9.81. The van der Waals surface area contributed by atoms with Crippen molar-refractivity contribution in [2.45, 2.75) is 58.1 Å². The number of carbonyl (C=O) groups excluding carboxylic acids is 1. The Bertz CT molecular complexity index is 1460. The molecule has 0 aliphatic carbocycles. The average Bonchev–Trinajstić information content (AvgIpc) is 2.93. The highest BCUT2D eigenvalue weighted by Gasteiger charge is 2.32. The minimum absolute atomic E-state index is 0.0382. The first-order valence-electron chi connectivity index (χ1n) is 12.3. The summed E-state index contributed by atoms with van der Waals surface area (Å²) >= 11 is 1.47. The third kappa shape index (κ3) is 8.37. The van der Waals surface area contributed by atoms with Gasteiger partial charge in [0.15, 0.2) is 16.1 Å². The maximum absolute atomic E-state index is 13.3. The van der Waals surface area contributed by atoms with Crippen molar-refractivity contribution < 1.29 is 31.2 Å². The first kappa shape index (κ1) is 29.2. The van der Waals surface area contributed by atoms with Crippen LogP contribution in [-0.4, -0.2) is 47.4 Å². The number of rotatable bonds is 11. The normalized spacial score (nSPS) is 16.9. The smallest absolute Gasteiger partial charge is 0.262 e. The molecule has 0 radical (unpaired) electrons. The van der Waals surface area contributed by atoms with Crippen molar-refractivity contribution in [3.63, 3.8) is 0 Å². The first-order chi connectivity index (χ1) is 18.6. The van der Waals surface area contributed by atoms with E-state index in [1.54, 1.807) is 31.2 Å².